The van der Waals surface area contributed by atoms with Crippen LogP contribution in [0.4, 0.5) is 24.5 Å². The minimum atomic E-state index is -4.51. The highest BCUT2D eigenvalue weighted by molar-refractivity contribution is 6.04. The number of nitrogens with zero attached hydrogens (tertiary/aromatic N) is 2. The lowest BCUT2D eigenvalue weighted by Crippen LogP contribution is -2.48. The van der Waals surface area contributed by atoms with Crippen LogP contribution in [-0.4, -0.2) is 42.9 Å². The number of amides is 2. The Labute approximate surface area is 212 Å². The highest BCUT2D eigenvalue weighted by Gasteiger charge is 2.31. The average molecular weight is 504 g/mol. The maximum absolute atomic E-state index is 13.0. The molecular weight excluding hydrogens is 479 g/mol. The van der Waals surface area contributed by atoms with Gasteiger partial charge < -0.3 is 15.1 Å². The number of hydrogen-bond acceptors (Lipinski definition) is 3. The van der Waals surface area contributed by atoms with Crippen molar-refractivity contribution < 1.29 is 22.8 Å². The van der Waals surface area contributed by atoms with Crippen LogP contribution in [0.15, 0.2) is 91.0 Å². The van der Waals surface area contributed by atoms with Gasteiger partial charge in [-0.2, -0.15) is 13.2 Å². The largest absolute Gasteiger partial charge is 0.416 e. The zero-order valence-electron chi connectivity index (χ0n) is 19.8. The Morgan fingerprint density at radius 3 is 2.11 bits per heavy atom. The van der Waals surface area contributed by atoms with Gasteiger partial charge in [0.25, 0.3) is 11.8 Å². The summed E-state index contributed by atoms with van der Waals surface area (Å²) in [6.07, 6.45) is -4.51. The van der Waals surface area contributed by atoms with Crippen LogP contribution in [-0.2, 0) is 6.18 Å². The number of alkyl halides is 3. The molecule has 0 unspecified atom stereocenters. The summed E-state index contributed by atoms with van der Waals surface area (Å²) in [5, 5.41) is 4.77. The van der Waals surface area contributed by atoms with Crippen molar-refractivity contribution in [1.82, 2.24) is 4.90 Å². The van der Waals surface area contributed by atoms with E-state index in [1.165, 1.54) is 12.1 Å². The summed E-state index contributed by atoms with van der Waals surface area (Å²) in [5.41, 5.74) is 1.17. The van der Waals surface area contributed by atoms with E-state index in [0.717, 1.165) is 28.6 Å². The standard InChI is InChI=1S/C29H24F3N3O2/c30-29(31,32)24-7-3-6-22(19-24)27(36)33-25-10-12-26(13-11-25)34-14-16-35(17-15-34)28(37)23-9-8-20-4-1-2-5-21(20)18-23/h1-13,18-19H,14-17H2,(H,33,36). The molecule has 0 aromatic heterocycles. The molecule has 0 radical (unpaired) electrons. The van der Waals surface area contributed by atoms with Gasteiger partial charge in [-0.25, -0.2) is 0 Å². The first kappa shape index (κ1) is 24.4. The molecule has 0 atom stereocenters. The third-order valence-corrected chi connectivity index (χ3v) is 6.51. The van der Waals surface area contributed by atoms with Crippen molar-refractivity contribution in [2.75, 3.05) is 36.4 Å². The van der Waals surface area contributed by atoms with Crippen molar-refractivity contribution in [1.29, 1.82) is 0 Å². The van der Waals surface area contributed by atoms with Crippen molar-refractivity contribution in [2.45, 2.75) is 6.18 Å². The van der Waals surface area contributed by atoms with E-state index >= 15 is 0 Å². The number of fused-ring (bicyclic) bond motifs is 1. The maximum atomic E-state index is 13.0. The molecule has 5 rings (SSSR count). The molecule has 0 saturated carbocycles. The van der Waals surface area contributed by atoms with Crippen molar-refractivity contribution in [3.63, 3.8) is 0 Å². The molecule has 1 saturated heterocycles. The number of benzene rings is 4. The summed E-state index contributed by atoms with van der Waals surface area (Å²) in [4.78, 5) is 29.5. The summed E-state index contributed by atoms with van der Waals surface area (Å²) in [7, 11) is 0. The summed E-state index contributed by atoms with van der Waals surface area (Å²) in [6.45, 7) is 2.49. The van der Waals surface area contributed by atoms with E-state index in [1.54, 1.807) is 12.1 Å². The number of piperazine rings is 1. The fourth-order valence-corrected chi connectivity index (χ4v) is 4.47. The van der Waals surface area contributed by atoms with E-state index < -0.39 is 17.6 Å². The number of anilines is 2. The Balaban J connectivity index is 1.18. The molecule has 8 heteroatoms. The van der Waals surface area contributed by atoms with E-state index in [4.69, 9.17) is 0 Å². The van der Waals surface area contributed by atoms with Gasteiger partial charge in [-0.1, -0.05) is 36.4 Å². The maximum Gasteiger partial charge on any atom is 0.416 e. The van der Waals surface area contributed by atoms with E-state index in [2.05, 4.69) is 10.2 Å². The molecule has 5 nitrogen and oxygen atoms in total. The molecule has 1 heterocycles. The van der Waals surface area contributed by atoms with E-state index in [1.807, 2.05) is 59.5 Å². The van der Waals surface area contributed by atoms with Crippen LogP contribution >= 0.6 is 0 Å². The van der Waals surface area contributed by atoms with Crippen LogP contribution in [0.1, 0.15) is 26.3 Å². The fourth-order valence-electron chi connectivity index (χ4n) is 4.47. The van der Waals surface area contributed by atoms with Gasteiger partial charge in [0.2, 0.25) is 0 Å². The first-order valence-electron chi connectivity index (χ1n) is 11.9. The van der Waals surface area contributed by atoms with Gasteiger partial charge in [0, 0.05) is 48.7 Å². The van der Waals surface area contributed by atoms with Crippen LogP contribution in [0.25, 0.3) is 10.8 Å². The molecule has 1 fully saturated rings. The van der Waals surface area contributed by atoms with E-state index in [-0.39, 0.29) is 11.5 Å². The fraction of sp³-hybridized carbons (Fsp3) is 0.172. The van der Waals surface area contributed by atoms with E-state index in [9.17, 15) is 22.8 Å². The van der Waals surface area contributed by atoms with Crippen LogP contribution in [0.3, 0.4) is 0 Å². The van der Waals surface area contributed by atoms with Crippen molar-refractivity contribution in [2.24, 2.45) is 0 Å². The Hall–Kier alpha value is -4.33. The third-order valence-electron chi connectivity index (χ3n) is 6.51. The number of carbonyl (C=O) groups is 2. The SMILES string of the molecule is O=C(Nc1ccc(N2CCN(C(=O)c3ccc4ccccc4c3)CC2)cc1)c1cccc(C(F)(F)F)c1. The lowest BCUT2D eigenvalue weighted by atomic mass is 10.1. The van der Waals surface area contributed by atoms with Crippen molar-refractivity contribution in [3.8, 4) is 0 Å². The number of rotatable bonds is 4. The van der Waals surface area contributed by atoms with Gasteiger partial charge in [0.1, 0.15) is 0 Å². The Kier molecular flexibility index (Phi) is 6.56. The molecule has 1 N–H and O–H groups in total. The second kappa shape index (κ2) is 9.97. The molecule has 4 aromatic rings. The third kappa shape index (κ3) is 5.43. The lowest BCUT2D eigenvalue weighted by Gasteiger charge is -2.36. The number of halogens is 3. The van der Waals surface area contributed by atoms with Gasteiger partial charge >= 0.3 is 6.18 Å². The number of hydrogen-bond donors (Lipinski definition) is 1. The molecular formula is C29H24F3N3O2. The molecule has 37 heavy (non-hydrogen) atoms. The summed E-state index contributed by atoms with van der Waals surface area (Å²) in [5.74, 6) is -0.599. The monoisotopic (exact) mass is 503 g/mol. The predicted molar refractivity (Wildman–Crippen MR) is 138 cm³/mol. The Morgan fingerprint density at radius 1 is 0.703 bits per heavy atom. The Morgan fingerprint density at radius 2 is 1.41 bits per heavy atom. The van der Waals surface area contributed by atoms with Gasteiger partial charge in [-0.15, -0.1) is 0 Å². The van der Waals surface area contributed by atoms with Crippen molar-refractivity contribution in [3.05, 3.63) is 108 Å². The van der Waals surface area contributed by atoms with E-state index in [0.29, 0.717) is 37.4 Å². The van der Waals surface area contributed by atoms with Crippen LogP contribution < -0.4 is 10.2 Å². The zero-order chi connectivity index (χ0) is 26.0. The summed E-state index contributed by atoms with van der Waals surface area (Å²) in [6, 6.07) is 25.2. The second-order valence-corrected chi connectivity index (χ2v) is 8.92. The van der Waals surface area contributed by atoms with Crippen LogP contribution in [0.5, 0.6) is 0 Å². The number of carbonyl (C=O) groups excluding carboxylic acids is 2. The van der Waals surface area contributed by atoms with Gasteiger partial charge in [0.05, 0.1) is 5.56 Å². The first-order chi connectivity index (χ1) is 17.8. The highest BCUT2D eigenvalue weighted by Crippen LogP contribution is 2.30. The second-order valence-electron chi connectivity index (χ2n) is 8.92. The van der Waals surface area contributed by atoms with Gasteiger partial charge in [-0.05, 0) is 65.4 Å². The molecule has 0 bridgehead atoms. The highest BCUT2D eigenvalue weighted by atomic mass is 19.4. The smallest absolute Gasteiger partial charge is 0.368 e. The topological polar surface area (TPSA) is 52.7 Å². The molecule has 4 aromatic carbocycles. The van der Waals surface area contributed by atoms with Crippen molar-refractivity contribution >= 4 is 34.0 Å². The zero-order valence-corrected chi connectivity index (χ0v) is 19.8. The minimum absolute atomic E-state index is 0.0121. The van der Waals surface area contributed by atoms with Crippen LogP contribution in [0.2, 0.25) is 0 Å². The summed E-state index contributed by atoms with van der Waals surface area (Å²) < 4.78 is 38.8. The lowest BCUT2D eigenvalue weighted by molar-refractivity contribution is -0.137. The number of nitrogens with one attached hydrogen (secondary N) is 1. The summed E-state index contributed by atoms with van der Waals surface area (Å²) >= 11 is 0. The molecule has 0 spiro atoms. The van der Waals surface area contributed by atoms with Gasteiger partial charge in [0.15, 0.2) is 0 Å². The molecule has 1 aliphatic heterocycles. The average Bonchev–Trinajstić information content (AvgIpc) is 2.92. The van der Waals surface area contributed by atoms with Crippen LogP contribution in [0, 0.1) is 0 Å². The predicted octanol–water partition coefficient (Wildman–Crippen LogP) is 6.07. The quantitative estimate of drug-likeness (QED) is 0.368. The minimum Gasteiger partial charge on any atom is -0.368 e. The van der Waals surface area contributed by atoms with Gasteiger partial charge in [-0.3, -0.25) is 9.59 Å². The first-order valence-corrected chi connectivity index (χ1v) is 11.9. The molecule has 2 amide bonds. The molecule has 1 aliphatic rings. The molecule has 188 valence electrons. The Bertz CT molecular complexity index is 1440. The molecule has 0 aliphatic carbocycles. The normalized spacial score (nSPS) is 14.0.